The minimum atomic E-state index is -1.16. The fourth-order valence-electron chi connectivity index (χ4n) is 11.0. The molecule has 5 heterocycles. The predicted octanol–water partition coefficient (Wildman–Crippen LogP) is 18.3. The molecule has 1 aromatic heterocycles. The summed E-state index contributed by atoms with van der Waals surface area (Å²) in [6.45, 7) is 7.10. The predicted molar refractivity (Wildman–Crippen MR) is 403 cm³/mol. The molecule has 0 radical (unpaired) electrons. The lowest BCUT2D eigenvalue weighted by atomic mass is 10.0. The molecule has 5 N–H and O–H groups in total. The Kier molecular flexibility index (Phi) is 25.3. The topological polar surface area (TPSA) is 270 Å². The van der Waals surface area contributed by atoms with Gasteiger partial charge in [-0.25, -0.2) is 23.6 Å². The highest BCUT2D eigenvalue weighted by Crippen LogP contribution is 2.37. The first-order valence-corrected chi connectivity index (χ1v) is 33.7. The fraction of sp³-hybridized carbons (Fsp3) is 0.134. The normalized spacial score (nSPS) is 13.3. The Hall–Kier alpha value is -12.4. The van der Waals surface area contributed by atoms with E-state index in [4.69, 9.17) is 56.4 Å². The number of carboxylic acids is 4. The van der Waals surface area contributed by atoms with Crippen LogP contribution in [0.2, 0.25) is 10.0 Å². The van der Waals surface area contributed by atoms with Crippen molar-refractivity contribution in [1.82, 2.24) is 9.88 Å². The molecule has 0 bridgehead atoms. The minimum absolute atomic E-state index is 0.0522. The van der Waals surface area contributed by atoms with E-state index >= 15 is 0 Å². The number of nitrogens with one attached hydrogen (secondary N) is 1. The van der Waals surface area contributed by atoms with E-state index in [9.17, 15) is 44.0 Å². The van der Waals surface area contributed by atoms with E-state index in [0.29, 0.717) is 81.9 Å². The van der Waals surface area contributed by atoms with Crippen molar-refractivity contribution in [3.05, 3.63) is 280 Å². The van der Waals surface area contributed by atoms with Gasteiger partial charge in [0.15, 0.2) is 0 Å². The summed E-state index contributed by atoms with van der Waals surface area (Å²) in [5, 5.41) is 39.1. The Morgan fingerprint density at radius 2 is 0.876 bits per heavy atom. The first kappa shape index (κ1) is 73.8. The van der Waals surface area contributed by atoms with Crippen LogP contribution in [0.25, 0.3) is 39.0 Å². The summed E-state index contributed by atoms with van der Waals surface area (Å²) in [6.07, 6.45) is 14.7. The zero-order valence-electron chi connectivity index (χ0n) is 56.4. The van der Waals surface area contributed by atoms with Crippen molar-refractivity contribution in [2.45, 2.75) is 6.42 Å². The number of methoxy groups -OCH3 is 1. The number of allylic oxidation sites excluding steroid dienone is 3. The molecule has 14 rings (SSSR count). The molecule has 1 fully saturated rings. The van der Waals surface area contributed by atoms with E-state index in [1.165, 1.54) is 18.5 Å². The Labute approximate surface area is 613 Å². The zero-order chi connectivity index (χ0) is 73.6. The lowest BCUT2D eigenvalue weighted by Gasteiger charge is -2.26. The number of benzene rings is 9. The molecule has 0 unspecified atom stereocenters. The van der Waals surface area contributed by atoms with Crippen molar-refractivity contribution >= 4 is 82.4 Å². The van der Waals surface area contributed by atoms with Crippen LogP contribution >= 0.6 is 23.2 Å². The highest BCUT2D eigenvalue weighted by atomic mass is 35.5. The van der Waals surface area contributed by atoms with Gasteiger partial charge in [0.2, 0.25) is 0 Å². The standard InChI is InChI=1S/C30H29FN2O5.C18H15NO4.2C17H12ClNO3/c31-28-20-32-19-27(28)23-7-10-29(26(18-23)30(34)35)38-25-4-1-3-22(17-25)21-5-8-24(9-6-21)37-14-2-11-33-12-15-36-16-13-33;1-22-14-3-5-15(6-4-14)23-17-7-2-12(10-16(17)18(20)21)13-8-9-19-11-13;18-13-2-4-14(5-3-13)22-16-6-1-11(9-15(16)17(20)21)12-7-8-19-10-12;18-13-2-1-3-14(9-13)22-16-5-4-11(8-15(16)17(20)21)12-6-7-19-10-12/h1,3-10,17-20,32H,2,11-16H2,(H,34,35);2-8,10-11H,9H2,1H3,(H,20,21);1-7,9-10H,8H2,(H,20,21);1-6,8-10H,7H2,(H,20,21). The highest BCUT2D eigenvalue weighted by Gasteiger charge is 2.21. The summed E-state index contributed by atoms with van der Waals surface area (Å²) in [4.78, 5) is 63.8. The third kappa shape index (κ3) is 20.5. The SMILES string of the molecule is COc1ccc(Oc2ccc(C3=CCN=C3)cc2C(=O)O)cc1.O=C(O)c1cc(-c2c[nH]cc2F)ccc1Oc1cccc(-c2ccc(OCCCN3CCOCC3)cc2)c1.O=C(O)c1cc(C2=CCN=C2)ccc1Oc1ccc(Cl)cc1.O=C(O)c1cc(C2=CCN=C2)ccc1Oc1cccc(Cl)c1. The summed E-state index contributed by atoms with van der Waals surface area (Å²) in [6, 6.07) is 55.6. The van der Waals surface area contributed by atoms with Crippen LogP contribution in [-0.2, 0) is 4.74 Å². The molecule has 1 saturated heterocycles. The van der Waals surface area contributed by atoms with Gasteiger partial charge in [0.25, 0.3) is 0 Å². The van der Waals surface area contributed by atoms with Crippen molar-refractivity contribution in [2.24, 2.45) is 15.0 Å². The molecule has 0 saturated carbocycles. The number of rotatable bonds is 23. The lowest BCUT2D eigenvalue weighted by Crippen LogP contribution is -2.37. The second-order valence-corrected chi connectivity index (χ2v) is 24.3. The number of hydrogen-bond donors (Lipinski definition) is 5. The number of aromatic nitrogens is 1. The van der Waals surface area contributed by atoms with Crippen LogP contribution in [0.3, 0.4) is 0 Å². The molecular formula is C82H68Cl2FN5O15. The van der Waals surface area contributed by atoms with Gasteiger partial charge in [0, 0.05) is 66.3 Å². The van der Waals surface area contributed by atoms with Gasteiger partial charge < -0.3 is 58.6 Å². The summed E-state index contributed by atoms with van der Waals surface area (Å²) in [5.41, 5.74) is 8.08. The molecular weight excluding hydrogens is 1380 g/mol. The number of H-pyrrole nitrogens is 1. The van der Waals surface area contributed by atoms with Crippen LogP contribution in [-0.4, -0.2) is 139 Å². The fourth-order valence-corrected chi connectivity index (χ4v) is 11.3. The molecule has 0 aliphatic carbocycles. The number of carboxylic acid groups (broad SMARTS) is 4. The number of aromatic amines is 1. The number of carbonyl (C=O) groups is 4. The number of morpholine rings is 1. The molecule has 0 atom stereocenters. The smallest absolute Gasteiger partial charge is 0.339 e. The maximum atomic E-state index is 14.0. The molecule has 20 nitrogen and oxygen atoms in total. The van der Waals surface area contributed by atoms with E-state index in [-0.39, 0.29) is 39.5 Å². The zero-order valence-corrected chi connectivity index (χ0v) is 57.9. The van der Waals surface area contributed by atoms with Gasteiger partial charge in [-0.1, -0.05) is 96.0 Å². The highest BCUT2D eigenvalue weighted by molar-refractivity contribution is 6.31. The Balaban J connectivity index is 0.000000145. The molecule has 4 aliphatic heterocycles. The third-order valence-corrected chi connectivity index (χ3v) is 16.9. The van der Waals surface area contributed by atoms with Crippen LogP contribution in [0.15, 0.2) is 240 Å². The van der Waals surface area contributed by atoms with Gasteiger partial charge in [-0.2, -0.15) is 0 Å². The minimum Gasteiger partial charge on any atom is -0.497 e. The van der Waals surface area contributed by atoms with Gasteiger partial charge in [0.1, 0.15) is 85.6 Å². The van der Waals surface area contributed by atoms with Gasteiger partial charge in [-0.15, -0.1) is 0 Å². The Bertz CT molecular complexity index is 4970. The number of nitrogens with zero attached hydrogens (tertiary/aromatic N) is 4. The maximum absolute atomic E-state index is 14.0. The van der Waals surface area contributed by atoms with E-state index in [1.54, 1.807) is 153 Å². The van der Waals surface area contributed by atoms with Crippen LogP contribution in [0, 0.1) is 5.82 Å². The summed E-state index contributed by atoms with van der Waals surface area (Å²) in [7, 11) is 1.58. The number of ether oxygens (including phenoxy) is 7. The van der Waals surface area contributed by atoms with Gasteiger partial charge >= 0.3 is 23.9 Å². The molecule has 4 aliphatic rings. The van der Waals surface area contributed by atoms with E-state index in [0.717, 1.165) is 89.6 Å². The molecule has 0 amide bonds. The summed E-state index contributed by atoms with van der Waals surface area (Å²) >= 11 is 11.7. The Morgan fingerprint density at radius 1 is 0.457 bits per heavy atom. The lowest BCUT2D eigenvalue weighted by molar-refractivity contribution is 0.0358. The van der Waals surface area contributed by atoms with Gasteiger partial charge in [-0.05, 0) is 196 Å². The largest absolute Gasteiger partial charge is 0.497 e. The average molecular weight is 1450 g/mol. The van der Waals surface area contributed by atoms with Crippen LogP contribution in [0.1, 0.15) is 64.5 Å². The number of halogens is 3. The van der Waals surface area contributed by atoms with Crippen molar-refractivity contribution in [3.63, 3.8) is 0 Å². The molecule has 9 aromatic carbocycles. The summed E-state index contributed by atoms with van der Waals surface area (Å²) < 4.78 is 53.3. The number of aromatic carboxylic acids is 4. The number of hydrogen-bond acceptors (Lipinski definition) is 15. The quantitative estimate of drug-likeness (QED) is 0.0373. The van der Waals surface area contributed by atoms with Gasteiger partial charge in [-0.3, -0.25) is 19.9 Å². The second-order valence-electron chi connectivity index (χ2n) is 23.4. The first-order chi connectivity index (χ1) is 51.0. The average Bonchev–Trinajstić information content (AvgIpc) is 1.83. The summed E-state index contributed by atoms with van der Waals surface area (Å²) in [5.74, 6) is -0.127. The van der Waals surface area contributed by atoms with E-state index < -0.39 is 29.7 Å². The van der Waals surface area contributed by atoms with Gasteiger partial charge in [0.05, 0.1) is 46.6 Å². The van der Waals surface area contributed by atoms with Crippen LogP contribution in [0.4, 0.5) is 4.39 Å². The van der Waals surface area contributed by atoms with Crippen LogP contribution in [0.5, 0.6) is 57.5 Å². The second kappa shape index (κ2) is 36.0. The molecule has 10 aromatic rings. The third-order valence-electron chi connectivity index (χ3n) is 16.4. The molecule has 23 heteroatoms. The van der Waals surface area contributed by atoms with Crippen molar-refractivity contribution in [3.8, 4) is 79.7 Å². The molecule has 532 valence electrons. The van der Waals surface area contributed by atoms with Crippen molar-refractivity contribution < 1.29 is 77.2 Å². The van der Waals surface area contributed by atoms with E-state index in [2.05, 4.69) is 24.9 Å². The van der Waals surface area contributed by atoms with Crippen molar-refractivity contribution in [2.75, 3.05) is 66.2 Å². The Morgan fingerprint density at radius 3 is 1.31 bits per heavy atom. The monoisotopic (exact) mass is 1450 g/mol. The maximum Gasteiger partial charge on any atom is 0.339 e. The van der Waals surface area contributed by atoms with Crippen molar-refractivity contribution in [1.29, 1.82) is 0 Å². The number of aliphatic imine (C=N–C) groups is 3. The van der Waals surface area contributed by atoms with Crippen LogP contribution < -0.4 is 28.4 Å². The molecule has 0 spiro atoms. The first-order valence-electron chi connectivity index (χ1n) is 32.9. The molecule has 105 heavy (non-hydrogen) atoms. The van der Waals surface area contributed by atoms with E-state index in [1.807, 2.05) is 78.9 Å².